The summed E-state index contributed by atoms with van der Waals surface area (Å²) < 4.78 is 11.4. The first-order valence-corrected chi connectivity index (χ1v) is 13.0. The van der Waals surface area contributed by atoms with Gasteiger partial charge in [-0.1, -0.05) is 36.4 Å². The Morgan fingerprint density at radius 1 is 1.00 bits per heavy atom. The normalized spacial score (nSPS) is 13.6. The number of carboxylic acid groups (broad SMARTS) is 1. The summed E-state index contributed by atoms with van der Waals surface area (Å²) in [5.74, 6) is 0.257. The van der Waals surface area contributed by atoms with Gasteiger partial charge in [0.25, 0.3) is 0 Å². The van der Waals surface area contributed by atoms with Crippen LogP contribution < -0.4 is 9.47 Å². The molecule has 0 radical (unpaired) electrons. The van der Waals surface area contributed by atoms with Gasteiger partial charge in [-0.25, -0.2) is 4.79 Å². The second-order valence-corrected chi connectivity index (χ2v) is 10.7. The van der Waals surface area contributed by atoms with E-state index in [9.17, 15) is 4.79 Å². The number of thioether (sulfide) groups is 1. The molecule has 0 heterocycles. The fraction of sp³-hybridized carbons (Fsp3) is 0.300. The first-order valence-electron chi connectivity index (χ1n) is 12.2. The monoisotopic (exact) mass is 503 g/mol. The quantitative estimate of drug-likeness (QED) is 0.314. The van der Waals surface area contributed by atoms with Gasteiger partial charge in [0, 0.05) is 16.7 Å². The Morgan fingerprint density at radius 3 is 2.25 bits per heavy atom. The van der Waals surface area contributed by atoms with Crippen molar-refractivity contribution in [3.63, 3.8) is 0 Å². The third kappa shape index (κ3) is 7.64. The van der Waals surface area contributed by atoms with Gasteiger partial charge < -0.3 is 19.5 Å². The Morgan fingerprint density at radius 2 is 1.67 bits per heavy atom. The molecule has 0 aromatic heterocycles. The number of hydrogen-bond donors (Lipinski definition) is 1. The molecule has 1 saturated carbocycles. The lowest BCUT2D eigenvalue weighted by atomic mass is 9.96. The summed E-state index contributed by atoms with van der Waals surface area (Å²) in [4.78, 5) is 14.2. The Hall–Kier alpha value is -3.22. The van der Waals surface area contributed by atoms with E-state index >= 15 is 0 Å². The van der Waals surface area contributed by atoms with Crippen molar-refractivity contribution in [3.05, 3.63) is 95.1 Å². The fourth-order valence-electron chi connectivity index (χ4n) is 3.88. The molecule has 1 N–H and O–H groups in total. The molecule has 0 spiro atoms. The molecule has 36 heavy (non-hydrogen) atoms. The van der Waals surface area contributed by atoms with Crippen molar-refractivity contribution in [1.29, 1.82) is 0 Å². The van der Waals surface area contributed by atoms with Crippen molar-refractivity contribution in [3.8, 4) is 11.5 Å². The van der Waals surface area contributed by atoms with Crippen LogP contribution in [0.5, 0.6) is 11.5 Å². The molecule has 6 heteroatoms. The zero-order chi connectivity index (χ0) is 25.5. The van der Waals surface area contributed by atoms with Crippen LogP contribution in [0.3, 0.4) is 0 Å². The average Bonchev–Trinajstić information content (AvgIpc) is 3.66. The predicted octanol–water partition coefficient (Wildman–Crippen LogP) is 6.29. The Balaban J connectivity index is 1.51. The molecule has 4 rings (SSSR count). The topological polar surface area (TPSA) is 59.0 Å². The Kier molecular flexibility index (Phi) is 8.73. The Labute approximate surface area is 217 Å². The number of ether oxygens (including phenoxy) is 2. The van der Waals surface area contributed by atoms with Gasteiger partial charge >= 0.3 is 5.97 Å². The predicted molar refractivity (Wildman–Crippen MR) is 146 cm³/mol. The number of carboxylic acids is 1. The Bertz CT molecular complexity index is 1150. The summed E-state index contributed by atoms with van der Waals surface area (Å²) in [6, 6.07) is 23.0. The minimum absolute atomic E-state index is 0.363. The summed E-state index contributed by atoms with van der Waals surface area (Å²) in [6.45, 7) is 2.82. The minimum atomic E-state index is -0.999. The minimum Gasteiger partial charge on any atom is -0.489 e. The molecule has 3 aromatic carbocycles. The maximum atomic E-state index is 10.8. The zero-order valence-corrected chi connectivity index (χ0v) is 21.9. The number of rotatable bonds is 12. The summed E-state index contributed by atoms with van der Waals surface area (Å²) in [5, 5.41) is 9.61. The molecule has 0 saturated heterocycles. The highest BCUT2D eigenvalue weighted by Crippen LogP contribution is 2.39. The summed E-state index contributed by atoms with van der Waals surface area (Å²) >= 11 is 1.96. The van der Waals surface area contributed by atoms with Gasteiger partial charge in [-0.05, 0) is 98.1 Å². The molecule has 3 aromatic rings. The molecule has 5 nitrogen and oxygen atoms in total. The van der Waals surface area contributed by atoms with Crippen LogP contribution in [-0.2, 0) is 11.3 Å². The lowest BCUT2D eigenvalue weighted by Gasteiger charge is -2.14. The van der Waals surface area contributed by atoms with E-state index in [0.717, 1.165) is 34.1 Å². The van der Waals surface area contributed by atoms with Gasteiger partial charge in [-0.3, -0.25) is 0 Å². The van der Waals surface area contributed by atoms with Crippen LogP contribution in [0.1, 0.15) is 35.1 Å². The number of aryl methyl sites for hydroxylation is 1. The molecular formula is C30H33NO4S. The van der Waals surface area contributed by atoms with Crippen molar-refractivity contribution in [2.24, 2.45) is 0 Å². The lowest BCUT2D eigenvalue weighted by molar-refractivity contribution is -0.139. The van der Waals surface area contributed by atoms with E-state index in [0.29, 0.717) is 18.1 Å². The van der Waals surface area contributed by atoms with E-state index in [-0.39, 0.29) is 6.61 Å². The standard InChI is InChI=1S/C30H33NO4S/c1-21-18-25(10-15-29(21)35-20-30(32)33)34-17-16-28(23-6-4-22(5-7-23)19-31(2)3)24-8-11-26(12-9-24)36-27-13-14-27/h4-12,15-16,18,27H,13-14,17,19-20H2,1-3H3,(H,32,33)/b28-16+. The van der Waals surface area contributed by atoms with Gasteiger partial charge in [-0.15, -0.1) is 11.8 Å². The number of hydrogen-bond acceptors (Lipinski definition) is 5. The summed E-state index contributed by atoms with van der Waals surface area (Å²) in [6.07, 6.45) is 4.76. The molecule has 1 aliphatic carbocycles. The van der Waals surface area contributed by atoms with Crippen molar-refractivity contribution in [1.82, 2.24) is 4.90 Å². The van der Waals surface area contributed by atoms with Crippen LogP contribution in [-0.4, -0.2) is 48.5 Å². The molecule has 0 aliphatic heterocycles. The molecule has 0 atom stereocenters. The second-order valence-electron chi connectivity index (χ2n) is 9.31. The lowest BCUT2D eigenvalue weighted by Crippen LogP contribution is -2.10. The van der Waals surface area contributed by atoms with Crippen molar-refractivity contribution >= 4 is 23.3 Å². The fourth-order valence-corrected chi connectivity index (χ4v) is 4.93. The van der Waals surface area contributed by atoms with Gasteiger partial charge in [-0.2, -0.15) is 0 Å². The SMILES string of the molecule is Cc1cc(OC/C=C(\c2ccc(CN(C)C)cc2)c2ccc(SC3CC3)cc2)ccc1OCC(=O)O. The van der Waals surface area contributed by atoms with E-state index < -0.39 is 5.97 Å². The molecule has 0 unspecified atom stereocenters. The summed E-state index contributed by atoms with van der Waals surface area (Å²) in [7, 11) is 4.15. The second kappa shape index (κ2) is 12.2. The summed E-state index contributed by atoms with van der Waals surface area (Å²) in [5.41, 5.74) is 5.55. The van der Waals surface area contributed by atoms with Crippen molar-refractivity contribution in [2.75, 3.05) is 27.3 Å². The number of benzene rings is 3. The molecular weight excluding hydrogens is 470 g/mol. The van der Waals surface area contributed by atoms with Crippen LogP contribution in [0.2, 0.25) is 0 Å². The van der Waals surface area contributed by atoms with E-state index in [1.807, 2.05) is 24.8 Å². The van der Waals surface area contributed by atoms with Crippen LogP contribution in [0, 0.1) is 6.92 Å². The van der Waals surface area contributed by atoms with E-state index in [1.165, 1.54) is 23.3 Å². The number of aliphatic carboxylic acids is 1. The van der Waals surface area contributed by atoms with Crippen LogP contribution >= 0.6 is 11.8 Å². The maximum Gasteiger partial charge on any atom is 0.341 e. The highest BCUT2D eigenvalue weighted by atomic mass is 32.2. The molecule has 0 bridgehead atoms. The highest BCUT2D eigenvalue weighted by molar-refractivity contribution is 8.00. The number of carbonyl (C=O) groups is 1. The van der Waals surface area contributed by atoms with Gasteiger partial charge in [0.05, 0.1) is 0 Å². The zero-order valence-electron chi connectivity index (χ0n) is 21.1. The molecule has 1 fully saturated rings. The van der Waals surface area contributed by atoms with Crippen molar-refractivity contribution < 1.29 is 19.4 Å². The average molecular weight is 504 g/mol. The van der Waals surface area contributed by atoms with Gasteiger partial charge in [0.1, 0.15) is 18.1 Å². The van der Waals surface area contributed by atoms with E-state index in [4.69, 9.17) is 14.6 Å². The largest absolute Gasteiger partial charge is 0.489 e. The van der Waals surface area contributed by atoms with Crippen molar-refractivity contribution in [2.45, 2.75) is 36.5 Å². The van der Waals surface area contributed by atoms with Crippen LogP contribution in [0.25, 0.3) is 5.57 Å². The van der Waals surface area contributed by atoms with Gasteiger partial charge in [0.2, 0.25) is 0 Å². The van der Waals surface area contributed by atoms with Crippen LogP contribution in [0.4, 0.5) is 0 Å². The highest BCUT2D eigenvalue weighted by Gasteiger charge is 2.22. The first kappa shape index (κ1) is 25.9. The third-order valence-corrected chi connectivity index (χ3v) is 7.14. The smallest absolute Gasteiger partial charge is 0.341 e. The first-order chi connectivity index (χ1) is 17.4. The molecule has 0 amide bonds. The maximum absolute atomic E-state index is 10.8. The van der Waals surface area contributed by atoms with E-state index in [2.05, 4.69) is 73.6 Å². The van der Waals surface area contributed by atoms with Crippen LogP contribution in [0.15, 0.2) is 77.7 Å². The van der Waals surface area contributed by atoms with Gasteiger partial charge in [0.15, 0.2) is 6.61 Å². The third-order valence-electron chi connectivity index (χ3n) is 5.79. The number of nitrogens with zero attached hydrogens (tertiary/aromatic N) is 1. The molecule has 188 valence electrons. The van der Waals surface area contributed by atoms with E-state index in [1.54, 1.807) is 12.1 Å². The molecule has 1 aliphatic rings.